The van der Waals surface area contributed by atoms with Crippen molar-refractivity contribution in [3.05, 3.63) is 94.0 Å². The zero-order valence-electron chi connectivity index (χ0n) is 24.4. The minimum atomic E-state index is -0.804. The molecule has 2 aliphatic rings. The molecule has 1 fully saturated rings. The lowest BCUT2D eigenvalue weighted by Gasteiger charge is -2.49. The van der Waals surface area contributed by atoms with Gasteiger partial charge in [-0.25, -0.2) is 5.48 Å². The molecule has 0 aromatic heterocycles. The molecule has 1 aliphatic heterocycles. The van der Waals surface area contributed by atoms with Crippen LogP contribution in [0, 0.1) is 0 Å². The maximum absolute atomic E-state index is 14.4. The van der Waals surface area contributed by atoms with Gasteiger partial charge in [0.1, 0.15) is 11.5 Å². The average Bonchev–Trinajstić information content (AvgIpc) is 3.04. The van der Waals surface area contributed by atoms with Crippen molar-refractivity contribution >= 4 is 23.4 Å². The van der Waals surface area contributed by atoms with E-state index in [1.165, 1.54) is 0 Å². The highest BCUT2D eigenvalue weighted by molar-refractivity contribution is 6.30. The molecule has 3 N–H and O–H groups in total. The van der Waals surface area contributed by atoms with Gasteiger partial charge in [-0.2, -0.15) is 0 Å². The van der Waals surface area contributed by atoms with E-state index in [0.717, 1.165) is 31.2 Å². The van der Waals surface area contributed by atoms with E-state index in [-0.39, 0.29) is 37.1 Å². The Morgan fingerprint density at radius 1 is 1.00 bits per heavy atom. The second-order valence-electron chi connectivity index (χ2n) is 10.8. The van der Waals surface area contributed by atoms with E-state index in [1.807, 2.05) is 47.4 Å². The second-order valence-corrected chi connectivity index (χ2v) is 11.3. The molecule has 4 unspecified atom stereocenters. The van der Waals surface area contributed by atoms with Gasteiger partial charge in [0.05, 0.1) is 39.4 Å². The third-order valence-corrected chi connectivity index (χ3v) is 8.60. The van der Waals surface area contributed by atoms with Crippen molar-refractivity contribution in [3.63, 3.8) is 0 Å². The molecular formula is C33H38ClN3O6. The lowest BCUT2D eigenvalue weighted by molar-refractivity contribution is -0.138. The van der Waals surface area contributed by atoms with Crippen LogP contribution in [0.4, 0.5) is 0 Å². The van der Waals surface area contributed by atoms with Crippen LogP contribution in [0.3, 0.4) is 0 Å². The number of methoxy groups -OCH3 is 2. The number of carbonyl (C=O) groups is 2. The first-order chi connectivity index (χ1) is 21.0. The Kier molecular flexibility index (Phi) is 10.2. The molecule has 5 rings (SSSR count). The van der Waals surface area contributed by atoms with Crippen molar-refractivity contribution in [2.24, 2.45) is 0 Å². The molecule has 2 amide bonds. The summed E-state index contributed by atoms with van der Waals surface area (Å²) < 4.78 is 11.3. The van der Waals surface area contributed by atoms with Gasteiger partial charge in [0.2, 0.25) is 0 Å². The summed E-state index contributed by atoms with van der Waals surface area (Å²) in [6.07, 6.45) is 3.56. The first-order valence-electron chi connectivity index (χ1n) is 14.6. The number of hydrogen-bond acceptors (Lipinski definition) is 7. The van der Waals surface area contributed by atoms with Gasteiger partial charge in [-0.1, -0.05) is 54.8 Å². The summed E-state index contributed by atoms with van der Waals surface area (Å²) in [6, 6.07) is 18.9. The number of fused-ring (bicyclic) bond motifs is 1. The standard InChI is InChI=1S/C33H38ClN3O6/c1-41-23-15-16-26(29(19-23)42-2)31-30(32(39)36-43-20-21-11-13-22(34)14-12-21)24-7-3-4-8-25(24)33(40)37(31)28-10-6-5-9-27(28)35-17-18-38/h3-4,7-8,11-16,19,27-28,30-31,35,38H,5-6,9-10,17-18,20H2,1-2H3,(H,36,39). The zero-order valence-corrected chi connectivity index (χ0v) is 25.2. The number of aliphatic hydroxyl groups excluding tert-OH is 1. The third kappa shape index (κ3) is 6.65. The third-order valence-electron chi connectivity index (χ3n) is 8.35. The van der Waals surface area contributed by atoms with Crippen LogP contribution in [0.2, 0.25) is 5.02 Å². The van der Waals surface area contributed by atoms with Gasteiger partial charge in [-0.3, -0.25) is 14.4 Å². The minimum absolute atomic E-state index is 0.00821. The van der Waals surface area contributed by atoms with E-state index in [2.05, 4.69) is 10.8 Å². The molecule has 10 heteroatoms. The Labute approximate surface area is 257 Å². The van der Waals surface area contributed by atoms with Gasteiger partial charge in [-0.15, -0.1) is 0 Å². The van der Waals surface area contributed by atoms with Gasteiger partial charge in [-0.05, 0) is 54.3 Å². The number of carbonyl (C=O) groups excluding carboxylic acids is 2. The lowest BCUT2D eigenvalue weighted by atomic mass is 9.76. The largest absolute Gasteiger partial charge is 0.497 e. The van der Waals surface area contributed by atoms with Gasteiger partial charge >= 0.3 is 0 Å². The summed E-state index contributed by atoms with van der Waals surface area (Å²) in [4.78, 5) is 36.2. The number of nitrogens with one attached hydrogen (secondary N) is 2. The maximum Gasteiger partial charge on any atom is 0.255 e. The molecular weight excluding hydrogens is 570 g/mol. The van der Waals surface area contributed by atoms with Crippen molar-refractivity contribution in [2.45, 2.75) is 56.3 Å². The Bertz CT molecular complexity index is 1420. The van der Waals surface area contributed by atoms with Crippen LogP contribution < -0.4 is 20.3 Å². The summed E-state index contributed by atoms with van der Waals surface area (Å²) in [5.74, 6) is -0.217. The number of hydroxylamine groups is 1. The minimum Gasteiger partial charge on any atom is -0.497 e. The molecule has 4 atom stereocenters. The predicted octanol–water partition coefficient (Wildman–Crippen LogP) is 4.78. The SMILES string of the molecule is COc1ccc(C2C(C(=O)NOCc3ccc(Cl)cc3)c3ccccc3C(=O)N2C2CCCCC2NCCO)c(OC)c1. The molecule has 43 heavy (non-hydrogen) atoms. The molecule has 9 nitrogen and oxygen atoms in total. The Morgan fingerprint density at radius 2 is 1.77 bits per heavy atom. The molecule has 0 saturated heterocycles. The predicted molar refractivity (Wildman–Crippen MR) is 163 cm³/mol. The average molecular weight is 608 g/mol. The molecule has 0 radical (unpaired) electrons. The highest BCUT2D eigenvalue weighted by Gasteiger charge is 2.49. The molecule has 1 saturated carbocycles. The van der Waals surface area contributed by atoms with E-state index in [9.17, 15) is 14.7 Å². The number of ether oxygens (including phenoxy) is 2. The van der Waals surface area contributed by atoms with E-state index >= 15 is 0 Å². The molecule has 1 heterocycles. The number of rotatable bonds is 11. The Hall–Kier alpha value is -3.63. The van der Waals surface area contributed by atoms with Crippen LogP contribution in [0.25, 0.3) is 0 Å². The van der Waals surface area contributed by atoms with Crippen LogP contribution in [-0.4, -0.2) is 61.3 Å². The second kappa shape index (κ2) is 14.2. The Balaban J connectivity index is 1.59. The smallest absolute Gasteiger partial charge is 0.255 e. The summed E-state index contributed by atoms with van der Waals surface area (Å²) in [5.41, 5.74) is 5.31. The van der Waals surface area contributed by atoms with E-state index in [4.69, 9.17) is 25.9 Å². The van der Waals surface area contributed by atoms with Crippen LogP contribution in [0.5, 0.6) is 11.5 Å². The molecule has 1 aliphatic carbocycles. The molecule has 0 spiro atoms. The van der Waals surface area contributed by atoms with Crippen molar-refractivity contribution < 1.29 is 29.0 Å². The molecule has 228 valence electrons. The van der Waals surface area contributed by atoms with Gasteiger partial charge in [0, 0.05) is 40.8 Å². The zero-order chi connectivity index (χ0) is 30.3. The molecule has 0 bridgehead atoms. The van der Waals surface area contributed by atoms with Crippen LogP contribution in [0.1, 0.15) is 64.7 Å². The summed E-state index contributed by atoms with van der Waals surface area (Å²) in [5, 5.41) is 13.6. The fourth-order valence-corrected chi connectivity index (χ4v) is 6.49. The van der Waals surface area contributed by atoms with Gasteiger partial charge in [0.15, 0.2) is 0 Å². The first kappa shape index (κ1) is 30.8. The fourth-order valence-electron chi connectivity index (χ4n) is 6.36. The van der Waals surface area contributed by atoms with Gasteiger partial charge < -0.3 is 24.8 Å². The number of nitrogens with zero attached hydrogens (tertiary/aromatic N) is 1. The fraction of sp³-hybridized carbons (Fsp3) is 0.394. The number of benzene rings is 3. The van der Waals surface area contributed by atoms with Crippen molar-refractivity contribution in [3.8, 4) is 11.5 Å². The summed E-state index contributed by atoms with van der Waals surface area (Å²) in [7, 11) is 3.15. The quantitative estimate of drug-likeness (QED) is 0.269. The molecule has 3 aromatic carbocycles. The van der Waals surface area contributed by atoms with E-state index in [0.29, 0.717) is 39.8 Å². The topological polar surface area (TPSA) is 109 Å². The summed E-state index contributed by atoms with van der Waals surface area (Å²) in [6.45, 7) is 0.552. The van der Waals surface area contributed by atoms with Crippen LogP contribution in [0.15, 0.2) is 66.7 Å². The van der Waals surface area contributed by atoms with Crippen LogP contribution in [-0.2, 0) is 16.2 Å². The summed E-state index contributed by atoms with van der Waals surface area (Å²) >= 11 is 6.01. The van der Waals surface area contributed by atoms with E-state index < -0.39 is 12.0 Å². The van der Waals surface area contributed by atoms with Crippen molar-refractivity contribution in [1.82, 2.24) is 15.7 Å². The van der Waals surface area contributed by atoms with Crippen LogP contribution >= 0.6 is 11.6 Å². The maximum atomic E-state index is 14.4. The highest BCUT2D eigenvalue weighted by atomic mass is 35.5. The molecule has 3 aromatic rings. The Morgan fingerprint density at radius 3 is 2.51 bits per heavy atom. The normalized spacial score (nSPS) is 21.7. The van der Waals surface area contributed by atoms with Gasteiger partial charge in [0.25, 0.3) is 11.8 Å². The number of halogens is 1. The van der Waals surface area contributed by atoms with Crippen molar-refractivity contribution in [1.29, 1.82) is 0 Å². The van der Waals surface area contributed by atoms with E-state index in [1.54, 1.807) is 38.5 Å². The van der Waals surface area contributed by atoms with Crippen molar-refractivity contribution in [2.75, 3.05) is 27.4 Å². The monoisotopic (exact) mass is 607 g/mol. The lowest BCUT2D eigenvalue weighted by Crippen LogP contribution is -2.58. The number of amides is 2. The number of aliphatic hydroxyl groups is 1. The first-order valence-corrected chi connectivity index (χ1v) is 15.0. The highest BCUT2D eigenvalue weighted by Crippen LogP contribution is 2.48. The number of hydrogen-bond donors (Lipinski definition) is 3.